The van der Waals surface area contributed by atoms with Crippen LogP contribution in [0.1, 0.15) is 17.4 Å². The Hall–Kier alpha value is -1.64. The predicted octanol–water partition coefficient (Wildman–Crippen LogP) is 2.49. The van der Waals surface area contributed by atoms with E-state index in [1.165, 1.54) is 4.90 Å². The van der Waals surface area contributed by atoms with Crippen LogP contribution in [0.15, 0.2) is 9.90 Å². The summed E-state index contributed by atoms with van der Waals surface area (Å²) in [4.78, 5) is 9.02. The predicted molar refractivity (Wildman–Crippen MR) is 58.3 cm³/mol. The van der Waals surface area contributed by atoms with Gasteiger partial charge in [0.25, 0.3) is 0 Å². The Morgan fingerprint density at radius 2 is 2.11 bits per heavy atom. The molecule has 0 spiro atoms. The molecule has 0 fully saturated rings. The Labute approximate surface area is 104 Å². The maximum atomic E-state index is 12.4. The van der Waals surface area contributed by atoms with E-state index in [0.29, 0.717) is 11.7 Å². The highest BCUT2D eigenvalue weighted by Gasteiger charge is 2.34. The molecular formula is C9H9F3N4OS. The van der Waals surface area contributed by atoms with Crippen molar-refractivity contribution in [3.8, 4) is 0 Å². The zero-order valence-corrected chi connectivity index (χ0v) is 10.3. The summed E-state index contributed by atoms with van der Waals surface area (Å²) in [7, 11) is 1.62. The minimum absolute atomic E-state index is 0.238. The lowest BCUT2D eigenvalue weighted by Gasteiger charge is -2.12. The van der Waals surface area contributed by atoms with Crippen LogP contribution in [-0.2, 0) is 12.7 Å². The van der Waals surface area contributed by atoms with Crippen LogP contribution in [-0.4, -0.2) is 22.2 Å². The largest absolute Gasteiger partial charge is 0.434 e. The van der Waals surface area contributed by atoms with E-state index in [4.69, 9.17) is 4.52 Å². The van der Waals surface area contributed by atoms with Crippen LogP contribution in [0, 0.1) is 6.92 Å². The maximum absolute atomic E-state index is 12.4. The Kier molecular flexibility index (Phi) is 3.24. The van der Waals surface area contributed by atoms with Gasteiger partial charge in [0.15, 0.2) is 16.6 Å². The number of aromatic nitrogens is 3. The second kappa shape index (κ2) is 4.56. The van der Waals surface area contributed by atoms with Crippen LogP contribution < -0.4 is 4.90 Å². The van der Waals surface area contributed by atoms with Crippen LogP contribution >= 0.6 is 11.3 Å². The highest BCUT2D eigenvalue weighted by Crippen LogP contribution is 2.32. The first-order valence-electron chi connectivity index (χ1n) is 4.89. The molecule has 2 aromatic rings. The van der Waals surface area contributed by atoms with Gasteiger partial charge in [0, 0.05) is 19.4 Å². The molecule has 0 saturated heterocycles. The fraction of sp³-hybridized carbons (Fsp3) is 0.444. The number of thiazole rings is 1. The van der Waals surface area contributed by atoms with Gasteiger partial charge in [-0.15, -0.1) is 11.3 Å². The zero-order chi connectivity index (χ0) is 13.3. The van der Waals surface area contributed by atoms with Crippen LogP contribution in [0.5, 0.6) is 0 Å². The lowest BCUT2D eigenvalue weighted by atomic mass is 10.5. The number of alkyl halides is 3. The van der Waals surface area contributed by atoms with E-state index in [9.17, 15) is 13.2 Å². The third-order valence-electron chi connectivity index (χ3n) is 2.06. The summed E-state index contributed by atoms with van der Waals surface area (Å²) in [6.45, 7) is 1.88. The minimum atomic E-state index is -4.42. The number of halogens is 3. The van der Waals surface area contributed by atoms with E-state index in [2.05, 4.69) is 15.1 Å². The third-order valence-corrected chi connectivity index (χ3v) is 3.01. The molecule has 0 radical (unpaired) electrons. The lowest BCUT2D eigenvalue weighted by molar-refractivity contribution is -0.140. The number of hydrogen-bond donors (Lipinski definition) is 0. The van der Waals surface area contributed by atoms with Crippen LogP contribution in [0.4, 0.5) is 18.3 Å². The van der Waals surface area contributed by atoms with Gasteiger partial charge >= 0.3 is 6.18 Å². The van der Waals surface area contributed by atoms with Crippen molar-refractivity contribution in [2.75, 3.05) is 11.9 Å². The molecule has 0 bridgehead atoms. The van der Waals surface area contributed by atoms with Crippen molar-refractivity contribution in [1.82, 2.24) is 15.1 Å². The molecule has 9 heteroatoms. The molecule has 2 heterocycles. The van der Waals surface area contributed by atoms with E-state index in [1.807, 2.05) is 0 Å². The van der Waals surface area contributed by atoms with Crippen molar-refractivity contribution in [1.29, 1.82) is 0 Å². The van der Waals surface area contributed by atoms with Gasteiger partial charge < -0.3 is 9.42 Å². The van der Waals surface area contributed by atoms with Crippen LogP contribution in [0.25, 0.3) is 0 Å². The smallest absolute Gasteiger partial charge is 0.343 e. The van der Waals surface area contributed by atoms with Crippen molar-refractivity contribution in [3.63, 3.8) is 0 Å². The molecule has 2 rings (SSSR count). The van der Waals surface area contributed by atoms with Gasteiger partial charge in [-0.05, 0) is 0 Å². The minimum Gasteiger partial charge on any atom is -0.343 e. The second-order valence-corrected chi connectivity index (χ2v) is 4.44. The van der Waals surface area contributed by atoms with Gasteiger partial charge in [-0.1, -0.05) is 5.16 Å². The molecule has 0 saturated carbocycles. The SMILES string of the molecule is Cc1nc(CN(C)c2nc(C(F)(F)F)cs2)no1. The van der Waals surface area contributed by atoms with Crippen molar-refractivity contribution in [2.45, 2.75) is 19.6 Å². The molecule has 18 heavy (non-hydrogen) atoms. The number of hydrogen-bond acceptors (Lipinski definition) is 6. The average molecular weight is 278 g/mol. The van der Waals surface area contributed by atoms with Gasteiger partial charge in [-0.3, -0.25) is 0 Å². The summed E-state index contributed by atoms with van der Waals surface area (Å²) in [6.07, 6.45) is -4.42. The van der Waals surface area contributed by atoms with Crippen LogP contribution in [0.2, 0.25) is 0 Å². The molecule has 0 aliphatic rings. The highest BCUT2D eigenvalue weighted by molar-refractivity contribution is 7.13. The molecule has 2 aromatic heterocycles. The summed E-state index contributed by atoms with van der Waals surface area (Å²) in [5.41, 5.74) is -0.890. The molecule has 0 N–H and O–H groups in total. The molecule has 0 amide bonds. The fourth-order valence-corrected chi connectivity index (χ4v) is 2.05. The Balaban J connectivity index is 2.09. The Bertz CT molecular complexity index is 536. The molecule has 98 valence electrons. The van der Waals surface area contributed by atoms with E-state index in [1.54, 1.807) is 14.0 Å². The van der Waals surface area contributed by atoms with E-state index < -0.39 is 11.9 Å². The van der Waals surface area contributed by atoms with Crippen molar-refractivity contribution in [2.24, 2.45) is 0 Å². The van der Waals surface area contributed by atoms with E-state index in [0.717, 1.165) is 16.7 Å². The summed E-state index contributed by atoms with van der Waals surface area (Å²) in [5.74, 6) is 0.812. The molecular weight excluding hydrogens is 269 g/mol. The summed E-state index contributed by atoms with van der Waals surface area (Å²) >= 11 is 0.919. The van der Waals surface area contributed by atoms with Gasteiger partial charge in [-0.25, -0.2) is 4.98 Å². The first-order valence-corrected chi connectivity index (χ1v) is 5.77. The van der Waals surface area contributed by atoms with Crippen LogP contribution in [0.3, 0.4) is 0 Å². The first kappa shape index (κ1) is 12.8. The summed E-state index contributed by atoms with van der Waals surface area (Å²) in [6, 6.07) is 0. The molecule has 0 unspecified atom stereocenters. The Morgan fingerprint density at radius 3 is 2.61 bits per heavy atom. The third kappa shape index (κ3) is 2.78. The standard InChI is InChI=1S/C9H9F3N4OS/c1-5-13-7(15-17-5)3-16(2)8-14-6(4-18-8)9(10,11)12/h4H,3H2,1-2H3. The molecule has 5 nitrogen and oxygen atoms in total. The normalized spacial score (nSPS) is 11.8. The summed E-state index contributed by atoms with van der Waals surface area (Å²) in [5, 5.41) is 4.90. The zero-order valence-electron chi connectivity index (χ0n) is 9.52. The number of nitrogens with zero attached hydrogens (tertiary/aromatic N) is 4. The van der Waals surface area contributed by atoms with E-state index in [-0.39, 0.29) is 11.7 Å². The van der Waals surface area contributed by atoms with Gasteiger partial charge in [-0.2, -0.15) is 18.2 Å². The molecule has 0 aliphatic heterocycles. The van der Waals surface area contributed by atoms with Crippen molar-refractivity contribution >= 4 is 16.5 Å². The summed E-state index contributed by atoms with van der Waals surface area (Å²) < 4.78 is 41.9. The fourth-order valence-electron chi connectivity index (χ4n) is 1.26. The number of aryl methyl sites for hydroxylation is 1. The monoisotopic (exact) mass is 278 g/mol. The molecule has 0 aliphatic carbocycles. The Morgan fingerprint density at radius 1 is 1.39 bits per heavy atom. The quantitative estimate of drug-likeness (QED) is 0.863. The van der Waals surface area contributed by atoms with Gasteiger partial charge in [0.1, 0.15) is 0 Å². The van der Waals surface area contributed by atoms with Crippen molar-refractivity contribution < 1.29 is 17.7 Å². The average Bonchev–Trinajstić information content (AvgIpc) is 2.85. The molecule has 0 atom stereocenters. The number of rotatable bonds is 3. The number of anilines is 1. The maximum Gasteiger partial charge on any atom is 0.434 e. The highest BCUT2D eigenvalue weighted by atomic mass is 32.1. The van der Waals surface area contributed by atoms with Gasteiger partial charge in [0.2, 0.25) is 5.89 Å². The van der Waals surface area contributed by atoms with Crippen molar-refractivity contribution in [3.05, 3.63) is 22.8 Å². The lowest BCUT2D eigenvalue weighted by Crippen LogP contribution is -2.17. The topological polar surface area (TPSA) is 55.1 Å². The van der Waals surface area contributed by atoms with E-state index >= 15 is 0 Å². The first-order chi connectivity index (χ1) is 8.36. The molecule has 0 aromatic carbocycles. The second-order valence-electron chi connectivity index (χ2n) is 3.60. The van der Waals surface area contributed by atoms with Gasteiger partial charge in [0.05, 0.1) is 6.54 Å².